The number of hydrogen-bond acceptors (Lipinski definition) is 3. The van der Waals surface area contributed by atoms with Gasteiger partial charge in [-0.3, -0.25) is 14.4 Å². The van der Waals surface area contributed by atoms with E-state index in [1.54, 1.807) is 24.3 Å². The van der Waals surface area contributed by atoms with Gasteiger partial charge in [-0.25, -0.2) is 4.90 Å². The zero-order chi connectivity index (χ0) is 17.2. The Morgan fingerprint density at radius 2 is 1.54 bits per heavy atom. The first-order valence-electron chi connectivity index (χ1n) is 8.26. The van der Waals surface area contributed by atoms with Crippen LogP contribution in [-0.4, -0.2) is 17.6 Å². The zero-order valence-corrected chi connectivity index (χ0v) is 13.9. The molecule has 122 valence electrons. The second-order valence-corrected chi connectivity index (χ2v) is 7.06. The third kappa shape index (κ3) is 1.83. The summed E-state index contributed by atoms with van der Waals surface area (Å²) >= 11 is 0. The number of carbonyl (C=O) groups is 3. The van der Waals surface area contributed by atoms with Crippen LogP contribution in [-0.2, 0) is 9.59 Å². The zero-order valence-electron chi connectivity index (χ0n) is 13.9. The molecule has 0 N–H and O–H groups in total. The van der Waals surface area contributed by atoms with E-state index < -0.39 is 0 Å². The van der Waals surface area contributed by atoms with Crippen LogP contribution in [0.25, 0.3) is 0 Å². The number of imide groups is 1. The smallest absolute Gasteiger partial charge is 0.238 e. The third-order valence-electron chi connectivity index (χ3n) is 5.50. The van der Waals surface area contributed by atoms with Gasteiger partial charge in [0.05, 0.1) is 17.5 Å². The molecule has 1 aromatic rings. The highest BCUT2D eigenvalue weighted by Crippen LogP contribution is 2.57. The molecule has 0 spiro atoms. The Hall–Kier alpha value is -2.49. The van der Waals surface area contributed by atoms with Gasteiger partial charge >= 0.3 is 0 Å². The lowest BCUT2D eigenvalue weighted by Gasteiger charge is -2.19. The molecule has 1 saturated heterocycles. The number of anilines is 1. The summed E-state index contributed by atoms with van der Waals surface area (Å²) in [4.78, 5) is 38.9. The molecule has 4 atom stereocenters. The molecule has 2 aliphatic carbocycles. The van der Waals surface area contributed by atoms with Gasteiger partial charge in [0, 0.05) is 17.4 Å². The number of ketones is 1. The second-order valence-electron chi connectivity index (χ2n) is 7.06. The Kier molecular flexibility index (Phi) is 3.14. The predicted octanol–water partition coefficient (Wildman–Crippen LogP) is 3.15. The Balaban J connectivity index is 1.76. The first kappa shape index (κ1) is 15.1. The van der Waals surface area contributed by atoms with Gasteiger partial charge in [-0.05, 0) is 32.9 Å². The van der Waals surface area contributed by atoms with Gasteiger partial charge in [-0.15, -0.1) is 0 Å². The number of hydrogen-bond donors (Lipinski definition) is 0. The molecule has 24 heavy (non-hydrogen) atoms. The molecular formula is C20H19NO3. The van der Waals surface area contributed by atoms with Gasteiger partial charge in [0.1, 0.15) is 0 Å². The van der Waals surface area contributed by atoms with Crippen LogP contribution in [0.3, 0.4) is 0 Å². The number of fused-ring (bicyclic) bond motifs is 5. The molecule has 3 aliphatic rings. The van der Waals surface area contributed by atoms with E-state index in [2.05, 4.69) is 12.2 Å². The summed E-state index contributed by atoms with van der Waals surface area (Å²) in [5, 5.41) is 0. The van der Waals surface area contributed by atoms with E-state index in [9.17, 15) is 14.4 Å². The molecule has 0 radical (unpaired) electrons. The lowest BCUT2D eigenvalue weighted by Crippen LogP contribution is -2.33. The monoisotopic (exact) mass is 321 g/mol. The van der Waals surface area contributed by atoms with Crippen molar-refractivity contribution in [2.75, 3.05) is 4.90 Å². The second kappa shape index (κ2) is 5.00. The summed E-state index contributed by atoms with van der Waals surface area (Å²) in [5.74, 6) is -0.853. The molecular weight excluding hydrogens is 302 g/mol. The normalized spacial score (nSPS) is 30.3. The fourth-order valence-corrected chi connectivity index (χ4v) is 4.55. The highest BCUT2D eigenvalue weighted by atomic mass is 16.2. The maximum absolute atomic E-state index is 13.0. The van der Waals surface area contributed by atoms with Crippen molar-refractivity contribution in [2.45, 2.75) is 20.8 Å². The van der Waals surface area contributed by atoms with Crippen LogP contribution in [0.15, 0.2) is 47.6 Å². The SMILES string of the molecule is CC(=O)c1cccc(N2C(=O)[C@@H]3[C@@H](C2=O)[C@H]2C=C[C@@H]3C2=C(C)C)c1. The molecule has 2 amide bonds. The lowest BCUT2D eigenvalue weighted by molar-refractivity contribution is -0.122. The molecule has 2 fully saturated rings. The molecule has 4 heteroatoms. The number of benzene rings is 1. The summed E-state index contributed by atoms with van der Waals surface area (Å²) in [6.45, 7) is 5.57. The van der Waals surface area contributed by atoms with Crippen LogP contribution >= 0.6 is 0 Å². The number of nitrogens with zero attached hydrogens (tertiary/aromatic N) is 1. The van der Waals surface area contributed by atoms with Crippen molar-refractivity contribution >= 4 is 23.3 Å². The molecule has 0 aromatic heterocycles. The first-order chi connectivity index (χ1) is 11.4. The highest BCUT2D eigenvalue weighted by Gasteiger charge is 2.61. The predicted molar refractivity (Wildman–Crippen MR) is 90.4 cm³/mol. The van der Waals surface area contributed by atoms with Gasteiger partial charge in [0.15, 0.2) is 5.78 Å². The molecule has 1 heterocycles. The fourth-order valence-electron chi connectivity index (χ4n) is 4.55. The van der Waals surface area contributed by atoms with Crippen molar-refractivity contribution in [3.63, 3.8) is 0 Å². The largest absolute Gasteiger partial charge is 0.295 e. The van der Waals surface area contributed by atoms with Crippen molar-refractivity contribution in [1.82, 2.24) is 0 Å². The van der Waals surface area contributed by atoms with Crippen molar-refractivity contribution in [3.05, 3.63) is 53.1 Å². The first-order valence-corrected chi connectivity index (χ1v) is 8.26. The Labute approximate surface area is 140 Å². The van der Waals surface area contributed by atoms with E-state index >= 15 is 0 Å². The van der Waals surface area contributed by atoms with Crippen molar-refractivity contribution in [3.8, 4) is 0 Å². The van der Waals surface area contributed by atoms with E-state index in [-0.39, 0.29) is 41.3 Å². The summed E-state index contributed by atoms with van der Waals surface area (Å²) in [6, 6.07) is 6.77. The van der Waals surface area contributed by atoms with Gasteiger partial charge in [0.25, 0.3) is 0 Å². The van der Waals surface area contributed by atoms with E-state index in [1.165, 1.54) is 23.0 Å². The van der Waals surface area contributed by atoms with Crippen LogP contribution < -0.4 is 4.90 Å². The van der Waals surface area contributed by atoms with Crippen molar-refractivity contribution < 1.29 is 14.4 Å². The minimum Gasteiger partial charge on any atom is -0.295 e. The van der Waals surface area contributed by atoms with Crippen LogP contribution in [0.2, 0.25) is 0 Å². The molecule has 1 aliphatic heterocycles. The summed E-state index contributed by atoms with van der Waals surface area (Å²) in [7, 11) is 0. The standard InChI is InChI=1S/C20H19NO3/c1-10(2)16-14-7-8-15(16)18-17(14)19(23)21(20(18)24)13-6-4-5-12(9-13)11(3)22/h4-9,14-15,17-18H,1-3H3/t14-,15+,17-,18-/m0/s1. The number of rotatable bonds is 2. The molecule has 2 bridgehead atoms. The molecule has 0 unspecified atom stereocenters. The third-order valence-corrected chi connectivity index (χ3v) is 5.50. The van der Waals surface area contributed by atoms with E-state index in [1.807, 2.05) is 13.8 Å². The average Bonchev–Trinajstić information content (AvgIpc) is 3.17. The quantitative estimate of drug-likeness (QED) is 0.478. The number of allylic oxidation sites excluding steroid dienone is 4. The van der Waals surface area contributed by atoms with Crippen LogP contribution in [0.4, 0.5) is 5.69 Å². The van der Waals surface area contributed by atoms with E-state index in [0.717, 1.165) is 0 Å². The average molecular weight is 321 g/mol. The van der Waals surface area contributed by atoms with Gasteiger partial charge < -0.3 is 0 Å². The van der Waals surface area contributed by atoms with Crippen LogP contribution in [0, 0.1) is 23.7 Å². The van der Waals surface area contributed by atoms with Crippen molar-refractivity contribution in [2.24, 2.45) is 23.7 Å². The Morgan fingerprint density at radius 3 is 2.04 bits per heavy atom. The summed E-state index contributed by atoms with van der Waals surface area (Å²) < 4.78 is 0. The molecule has 1 aromatic carbocycles. The van der Waals surface area contributed by atoms with Crippen molar-refractivity contribution in [1.29, 1.82) is 0 Å². The lowest BCUT2D eigenvalue weighted by atomic mass is 9.85. The van der Waals surface area contributed by atoms with Crippen LogP contribution in [0.5, 0.6) is 0 Å². The maximum Gasteiger partial charge on any atom is 0.238 e. The van der Waals surface area contributed by atoms with E-state index in [4.69, 9.17) is 0 Å². The minimum absolute atomic E-state index is 0.0439. The number of Topliss-reactive ketones (excluding diaryl/α,β-unsaturated/α-hetero) is 1. The maximum atomic E-state index is 13.0. The van der Waals surface area contributed by atoms with Crippen LogP contribution in [0.1, 0.15) is 31.1 Å². The van der Waals surface area contributed by atoms with Gasteiger partial charge in [-0.1, -0.05) is 35.4 Å². The summed E-state index contributed by atoms with van der Waals surface area (Å²) in [5.41, 5.74) is 3.46. The molecule has 1 saturated carbocycles. The highest BCUT2D eigenvalue weighted by molar-refractivity contribution is 6.23. The fraction of sp³-hybridized carbons (Fsp3) is 0.350. The summed E-state index contributed by atoms with van der Waals surface area (Å²) in [6.07, 6.45) is 4.16. The number of amides is 2. The minimum atomic E-state index is -0.293. The van der Waals surface area contributed by atoms with E-state index in [0.29, 0.717) is 11.3 Å². The Morgan fingerprint density at radius 1 is 0.958 bits per heavy atom. The van der Waals surface area contributed by atoms with Gasteiger partial charge in [-0.2, -0.15) is 0 Å². The number of carbonyl (C=O) groups excluding carboxylic acids is 3. The molecule has 4 nitrogen and oxygen atoms in total. The van der Waals surface area contributed by atoms with Gasteiger partial charge in [0.2, 0.25) is 11.8 Å². The molecule has 4 rings (SSSR count). The Bertz CT molecular complexity index is 810. The topological polar surface area (TPSA) is 54.5 Å².